The second kappa shape index (κ2) is 6.86. The second-order valence-electron chi connectivity index (χ2n) is 6.16. The average molecular weight is 327 g/mol. The van der Waals surface area contributed by atoms with Crippen LogP contribution in [0, 0.1) is 5.92 Å². The molecule has 1 aromatic rings. The van der Waals surface area contributed by atoms with E-state index in [2.05, 4.69) is 11.9 Å². The number of hydrogen-bond donors (Lipinski definition) is 1. The third kappa shape index (κ3) is 3.32. The molecule has 6 nitrogen and oxygen atoms in total. The lowest BCUT2D eigenvalue weighted by Crippen LogP contribution is -2.30. The first kappa shape index (κ1) is 16.2. The fourth-order valence-corrected chi connectivity index (χ4v) is 3.22. The van der Waals surface area contributed by atoms with Gasteiger partial charge in [0.15, 0.2) is 0 Å². The molecule has 0 radical (unpaired) electrons. The van der Waals surface area contributed by atoms with Crippen molar-refractivity contribution in [2.75, 3.05) is 29.9 Å². The monoisotopic (exact) mass is 327 g/mol. The van der Waals surface area contributed by atoms with E-state index < -0.39 is 0 Å². The van der Waals surface area contributed by atoms with E-state index in [0.29, 0.717) is 31.6 Å². The molecule has 1 atom stereocenters. The van der Waals surface area contributed by atoms with E-state index in [-0.39, 0.29) is 23.6 Å². The van der Waals surface area contributed by atoms with Crippen LogP contribution in [0.1, 0.15) is 19.3 Å². The van der Waals surface area contributed by atoms with Crippen LogP contribution in [0.3, 0.4) is 0 Å². The summed E-state index contributed by atoms with van der Waals surface area (Å²) in [7, 11) is 0. The summed E-state index contributed by atoms with van der Waals surface area (Å²) < 4.78 is 0. The van der Waals surface area contributed by atoms with E-state index in [1.165, 1.54) is 6.08 Å². The van der Waals surface area contributed by atoms with E-state index in [1.54, 1.807) is 9.80 Å². The average Bonchev–Trinajstić information content (AvgIpc) is 3.23. The maximum Gasteiger partial charge on any atom is 0.245 e. The zero-order valence-corrected chi connectivity index (χ0v) is 13.5. The molecule has 2 fully saturated rings. The molecule has 1 N–H and O–H groups in total. The Morgan fingerprint density at radius 3 is 2.83 bits per heavy atom. The number of rotatable bonds is 4. The summed E-state index contributed by atoms with van der Waals surface area (Å²) in [5, 5.41) is 2.90. The number of carbonyl (C=O) groups excluding carboxylic acids is 3. The molecule has 0 saturated carbocycles. The summed E-state index contributed by atoms with van der Waals surface area (Å²) in [6.07, 6.45) is 3.36. The van der Waals surface area contributed by atoms with Crippen molar-refractivity contribution < 1.29 is 14.4 Å². The first-order valence-electron chi connectivity index (χ1n) is 8.21. The lowest BCUT2D eigenvalue weighted by Gasteiger charge is -2.18. The minimum absolute atomic E-state index is 0.0979. The summed E-state index contributed by atoms with van der Waals surface area (Å²) in [4.78, 5) is 39.2. The highest BCUT2D eigenvalue weighted by Crippen LogP contribution is 2.25. The van der Waals surface area contributed by atoms with Crippen LogP contribution in [0.25, 0.3) is 0 Å². The zero-order valence-electron chi connectivity index (χ0n) is 13.5. The van der Waals surface area contributed by atoms with Gasteiger partial charge in [-0.1, -0.05) is 12.6 Å². The van der Waals surface area contributed by atoms with Gasteiger partial charge in [0.25, 0.3) is 0 Å². The molecule has 24 heavy (non-hydrogen) atoms. The van der Waals surface area contributed by atoms with Crippen molar-refractivity contribution in [1.29, 1.82) is 0 Å². The Bertz CT molecular complexity index is 686. The van der Waals surface area contributed by atoms with Crippen LogP contribution in [-0.4, -0.2) is 42.3 Å². The van der Waals surface area contributed by atoms with Crippen LogP contribution in [0.5, 0.6) is 0 Å². The minimum atomic E-state index is -0.217. The molecule has 0 aromatic heterocycles. The largest absolute Gasteiger partial charge is 0.338 e. The van der Waals surface area contributed by atoms with Gasteiger partial charge in [0.1, 0.15) is 0 Å². The number of carbonyl (C=O) groups is 3. The van der Waals surface area contributed by atoms with Crippen LogP contribution in [-0.2, 0) is 14.4 Å². The summed E-state index contributed by atoms with van der Waals surface area (Å²) in [6, 6.07) is 7.34. The standard InChI is InChI=1S/C18H21N3O3/c1-2-16(22)20-10-8-13(12-20)18(24)19-14-5-3-6-15(11-14)21-9-4-7-17(21)23/h2-3,5-6,11,13H,1,4,7-10,12H2,(H,19,24). The highest BCUT2D eigenvalue weighted by atomic mass is 16.2. The summed E-state index contributed by atoms with van der Waals surface area (Å²) in [5.41, 5.74) is 1.48. The van der Waals surface area contributed by atoms with Gasteiger partial charge in [-0.15, -0.1) is 0 Å². The van der Waals surface area contributed by atoms with Crippen molar-refractivity contribution in [3.8, 4) is 0 Å². The van der Waals surface area contributed by atoms with Crippen molar-refractivity contribution in [1.82, 2.24) is 4.90 Å². The number of nitrogens with zero attached hydrogens (tertiary/aromatic N) is 2. The molecule has 0 bridgehead atoms. The Kier molecular flexibility index (Phi) is 4.64. The molecule has 126 valence electrons. The summed E-state index contributed by atoms with van der Waals surface area (Å²) in [5.74, 6) is -0.335. The molecule has 0 spiro atoms. The van der Waals surface area contributed by atoms with E-state index in [0.717, 1.165) is 18.7 Å². The molecule has 3 amide bonds. The highest BCUT2D eigenvalue weighted by Gasteiger charge is 2.30. The van der Waals surface area contributed by atoms with Crippen molar-refractivity contribution >= 4 is 29.1 Å². The fraction of sp³-hybridized carbons (Fsp3) is 0.389. The Morgan fingerprint density at radius 1 is 1.29 bits per heavy atom. The van der Waals surface area contributed by atoms with Gasteiger partial charge in [-0.2, -0.15) is 0 Å². The molecule has 2 aliphatic rings. The normalized spacial score (nSPS) is 20.3. The molecule has 3 rings (SSSR count). The smallest absolute Gasteiger partial charge is 0.245 e. The first-order chi connectivity index (χ1) is 11.6. The summed E-state index contributed by atoms with van der Waals surface area (Å²) in [6.45, 7) is 5.18. The van der Waals surface area contributed by atoms with Crippen LogP contribution in [0.2, 0.25) is 0 Å². The van der Waals surface area contributed by atoms with Gasteiger partial charge in [0.05, 0.1) is 5.92 Å². The third-order valence-corrected chi connectivity index (χ3v) is 4.54. The molecular formula is C18H21N3O3. The number of hydrogen-bond acceptors (Lipinski definition) is 3. The molecule has 1 unspecified atom stereocenters. The molecule has 1 aromatic carbocycles. The zero-order chi connectivity index (χ0) is 17.1. The predicted molar refractivity (Wildman–Crippen MR) is 91.5 cm³/mol. The van der Waals surface area contributed by atoms with Gasteiger partial charge in [-0.05, 0) is 37.1 Å². The van der Waals surface area contributed by atoms with Crippen LogP contribution < -0.4 is 10.2 Å². The van der Waals surface area contributed by atoms with Gasteiger partial charge in [-0.3, -0.25) is 14.4 Å². The van der Waals surface area contributed by atoms with Crippen LogP contribution in [0.4, 0.5) is 11.4 Å². The minimum Gasteiger partial charge on any atom is -0.338 e. The van der Waals surface area contributed by atoms with Crippen LogP contribution >= 0.6 is 0 Å². The number of anilines is 2. The number of amides is 3. The Balaban J connectivity index is 1.64. The Morgan fingerprint density at radius 2 is 2.12 bits per heavy atom. The van der Waals surface area contributed by atoms with Crippen molar-refractivity contribution in [2.24, 2.45) is 5.92 Å². The maximum atomic E-state index is 12.4. The third-order valence-electron chi connectivity index (χ3n) is 4.54. The summed E-state index contributed by atoms with van der Waals surface area (Å²) >= 11 is 0. The lowest BCUT2D eigenvalue weighted by atomic mass is 10.1. The van der Waals surface area contributed by atoms with Gasteiger partial charge in [0, 0.05) is 37.4 Å². The molecule has 2 saturated heterocycles. The number of likely N-dealkylation sites (tertiary alicyclic amines) is 1. The van der Waals surface area contributed by atoms with Gasteiger partial charge in [-0.25, -0.2) is 0 Å². The van der Waals surface area contributed by atoms with E-state index in [9.17, 15) is 14.4 Å². The van der Waals surface area contributed by atoms with E-state index in [4.69, 9.17) is 0 Å². The van der Waals surface area contributed by atoms with E-state index in [1.807, 2.05) is 24.3 Å². The van der Waals surface area contributed by atoms with Crippen LogP contribution in [0.15, 0.2) is 36.9 Å². The SMILES string of the molecule is C=CC(=O)N1CCC(C(=O)Nc2cccc(N3CCCC3=O)c2)C1. The van der Waals surface area contributed by atoms with Gasteiger partial charge < -0.3 is 15.1 Å². The number of benzene rings is 1. The lowest BCUT2D eigenvalue weighted by molar-refractivity contribution is -0.125. The van der Waals surface area contributed by atoms with Crippen molar-refractivity contribution in [2.45, 2.75) is 19.3 Å². The maximum absolute atomic E-state index is 12.4. The van der Waals surface area contributed by atoms with E-state index >= 15 is 0 Å². The van der Waals surface area contributed by atoms with Gasteiger partial charge in [0.2, 0.25) is 17.7 Å². The predicted octanol–water partition coefficient (Wildman–Crippen LogP) is 1.79. The molecular weight excluding hydrogens is 306 g/mol. The first-order valence-corrected chi connectivity index (χ1v) is 8.21. The van der Waals surface area contributed by atoms with Crippen molar-refractivity contribution in [3.05, 3.63) is 36.9 Å². The van der Waals surface area contributed by atoms with Gasteiger partial charge >= 0.3 is 0 Å². The molecule has 2 aliphatic heterocycles. The molecule has 2 heterocycles. The highest BCUT2D eigenvalue weighted by molar-refractivity contribution is 5.98. The number of nitrogens with one attached hydrogen (secondary N) is 1. The fourth-order valence-electron chi connectivity index (χ4n) is 3.22. The quantitative estimate of drug-likeness (QED) is 0.857. The molecule has 6 heteroatoms. The topological polar surface area (TPSA) is 69.7 Å². The van der Waals surface area contributed by atoms with Crippen molar-refractivity contribution in [3.63, 3.8) is 0 Å². The Labute approximate surface area is 141 Å². The molecule has 0 aliphatic carbocycles. The second-order valence-corrected chi connectivity index (χ2v) is 6.16. The Hall–Kier alpha value is -2.63.